The van der Waals surface area contributed by atoms with Crippen LogP contribution in [0.4, 0.5) is 0 Å². The lowest BCUT2D eigenvalue weighted by atomic mass is 10.1. The van der Waals surface area contributed by atoms with Gasteiger partial charge in [0.05, 0.1) is 20.3 Å². The largest absolute Gasteiger partial charge is 0.494 e. The summed E-state index contributed by atoms with van der Waals surface area (Å²) in [5, 5.41) is 0.926. The van der Waals surface area contributed by atoms with E-state index in [0.717, 1.165) is 22.2 Å². The molecular weight excluding hydrogens is 332 g/mol. The number of pyridine rings is 1. The molecule has 1 saturated heterocycles. The SMILES string of the molecule is COc1ccc(-c2ccc(C(=O)N3CCOCC3)o2)c2ccc(C)nc12. The number of morpholine rings is 1. The van der Waals surface area contributed by atoms with Gasteiger partial charge in [0.2, 0.25) is 0 Å². The first kappa shape index (κ1) is 16.6. The first-order valence-corrected chi connectivity index (χ1v) is 8.59. The van der Waals surface area contributed by atoms with Crippen molar-refractivity contribution in [1.29, 1.82) is 0 Å². The standard InChI is InChI=1S/C20H20N2O4/c1-13-3-4-15-14(5-6-17(24-2)19(15)21-13)16-7-8-18(26-16)20(23)22-9-11-25-12-10-22/h3-8H,9-12H2,1-2H3. The van der Waals surface area contributed by atoms with Gasteiger partial charge in [-0.15, -0.1) is 0 Å². The number of ether oxygens (including phenoxy) is 2. The molecule has 6 heteroatoms. The van der Waals surface area contributed by atoms with E-state index in [2.05, 4.69) is 4.98 Å². The van der Waals surface area contributed by atoms with Crippen molar-refractivity contribution in [3.8, 4) is 17.1 Å². The monoisotopic (exact) mass is 352 g/mol. The molecule has 0 radical (unpaired) electrons. The van der Waals surface area contributed by atoms with Crippen LogP contribution in [0.3, 0.4) is 0 Å². The minimum absolute atomic E-state index is 0.105. The van der Waals surface area contributed by atoms with Crippen molar-refractivity contribution in [2.24, 2.45) is 0 Å². The van der Waals surface area contributed by atoms with Crippen LogP contribution in [0.2, 0.25) is 0 Å². The lowest BCUT2D eigenvalue weighted by Gasteiger charge is -2.25. The second kappa shape index (κ2) is 6.80. The van der Waals surface area contributed by atoms with Crippen LogP contribution < -0.4 is 4.74 Å². The van der Waals surface area contributed by atoms with Crippen LogP contribution in [0.15, 0.2) is 40.8 Å². The third-order valence-corrected chi connectivity index (χ3v) is 4.56. The Balaban J connectivity index is 1.72. The van der Waals surface area contributed by atoms with Gasteiger partial charge in [0.15, 0.2) is 5.76 Å². The molecule has 26 heavy (non-hydrogen) atoms. The van der Waals surface area contributed by atoms with Crippen molar-refractivity contribution in [3.63, 3.8) is 0 Å². The number of hydrogen-bond acceptors (Lipinski definition) is 5. The Morgan fingerprint density at radius 3 is 2.69 bits per heavy atom. The molecular formula is C20H20N2O4. The normalized spacial score (nSPS) is 14.6. The van der Waals surface area contributed by atoms with Crippen LogP contribution in [0.5, 0.6) is 5.75 Å². The van der Waals surface area contributed by atoms with Gasteiger partial charge in [-0.1, -0.05) is 6.07 Å². The number of aryl methyl sites for hydroxylation is 1. The number of nitrogens with zero attached hydrogens (tertiary/aromatic N) is 2. The summed E-state index contributed by atoms with van der Waals surface area (Å²) >= 11 is 0. The average molecular weight is 352 g/mol. The molecule has 1 aromatic carbocycles. The smallest absolute Gasteiger partial charge is 0.289 e. The van der Waals surface area contributed by atoms with Gasteiger partial charge in [0.25, 0.3) is 5.91 Å². The summed E-state index contributed by atoms with van der Waals surface area (Å²) in [6.45, 7) is 4.24. The van der Waals surface area contributed by atoms with Gasteiger partial charge in [-0.2, -0.15) is 0 Å². The van der Waals surface area contributed by atoms with Crippen molar-refractivity contribution >= 4 is 16.8 Å². The van der Waals surface area contributed by atoms with Crippen molar-refractivity contribution in [2.75, 3.05) is 33.4 Å². The zero-order chi connectivity index (χ0) is 18.1. The molecule has 0 spiro atoms. The zero-order valence-electron chi connectivity index (χ0n) is 14.8. The molecule has 3 heterocycles. The molecule has 0 bridgehead atoms. The minimum atomic E-state index is -0.105. The first-order valence-electron chi connectivity index (χ1n) is 8.59. The summed E-state index contributed by atoms with van der Waals surface area (Å²) < 4.78 is 16.6. The molecule has 1 fully saturated rings. The van der Waals surface area contributed by atoms with Gasteiger partial charge in [0.1, 0.15) is 17.0 Å². The summed E-state index contributed by atoms with van der Waals surface area (Å²) in [6.07, 6.45) is 0. The molecule has 0 unspecified atom stereocenters. The van der Waals surface area contributed by atoms with Crippen molar-refractivity contribution in [2.45, 2.75) is 6.92 Å². The summed E-state index contributed by atoms with van der Waals surface area (Å²) in [5.74, 6) is 1.58. The number of carbonyl (C=O) groups excluding carboxylic acids is 1. The Morgan fingerprint density at radius 1 is 1.12 bits per heavy atom. The Labute approximate surface area is 151 Å². The van der Waals surface area contributed by atoms with Crippen LogP contribution in [-0.2, 0) is 4.74 Å². The fraction of sp³-hybridized carbons (Fsp3) is 0.300. The molecule has 134 valence electrons. The molecule has 2 aromatic heterocycles. The molecule has 1 amide bonds. The highest BCUT2D eigenvalue weighted by molar-refractivity contribution is 5.98. The van der Waals surface area contributed by atoms with Gasteiger partial charge >= 0.3 is 0 Å². The number of aromatic nitrogens is 1. The Morgan fingerprint density at radius 2 is 1.92 bits per heavy atom. The van der Waals surface area contributed by atoms with E-state index in [1.165, 1.54) is 0 Å². The highest BCUT2D eigenvalue weighted by Crippen LogP contribution is 2.34. The number of methoxy groups -OCH3 is 1. The Kier molecular flexibility index (Phi) is 4.34. The number of rotatable bonds is 3. The fourth-order valence-corrected chi connectivity index (χ4v) is 3.19. The van der Waals surface area contributed by atoms with E-state index in [1.807, 2.05) is 37.3 Å². The molecule has 4 rings (SSSR count). The molecule has 0 aliphatic carbocycles. The van der Waals surface area contributed by atoms with E-state index in [-0.39, 0.29) is 5.91 Å². The topological polar surface area (TPSA) is 64.8 Å². The van der Waals surface area contributed by atoms with Gasteiger partial charge < -0.3 is 18.8 Å². The van der Waals surface area contributed by atoms with Crippen LogP contribution in [0, 0.1) is 6.92 Å². The van der Waals surface area contributed by atoms with Gasteiger partial charge in [-0.3, -0.25) is 4.79 Å². The van der Waals surface area contributed by atoms with E-state index in [0.29, 0.717) is 43.6 Å². The van der Waals surface area contributed by atoms with E-state index in [9.17, 15) is 4.79 Å². The lowest BCUT2D eigenvalue weighted by molar-refractivity contribution is 0.0283. The van der Waals surface area contributed by atoms with Crippen LogP contribution in [0.25, 0.3) is 22.2 Å². The molecule has 0 saturated carbocycles. The number of fused-ring (bicyclic) bond motifs is 1. The quantitative estimate of drug-likeness (QED) is 0.724. The second-order valence-corrected chi connectivity index (χ2v) is 6.23. The number of benzene rings is 1. The summed E-state index contributed by atoms with van der Waals surface area (Å²) in [6, 6.07) is 11.3. The average Bonchev–Trinajstić information content (AvgIpc) is 3.17. The summed E-state index contributed by atoms with van der Waals surface area (Å²) in [5.41, 5.74) is 2.58. The van der Waals surface area contributed by atoms with E-state index in [1.54, 1.807) is 18.1 Å². The second-order valence-electron chi connectivity index (χ2n) is 6.23. The third-order valence-electron chi connectivity index (χ3n) is 4.56. The van der Waals surface area contributed by atoms with Crippen molar-refractivity contribution in [1.82, 2.24) is 9.88 Å². The third kappa shape index (κ3) is 2.93. The van der Waals surface area contributed by atoms with Crippen molar-refractivity contribution in [3.05, 3.63) is 47.9 Å². The molecule has 1 aliphatic rings. The molecule has 0 N–H and O–H groups in total. The van der Waals surface area contributed by atoms with E-state index < -0.39 is 0 Å². The fourth-order valence-electron chi connectivity index (χ4n) is 3.19. The maximum Gasteiger partial charge on any atom is 0.289 e. The van der Waals surface area contributed by atoms with Gasteiger partial charge in [-0.05, 0) is 37.3 Å². The van der Waals surface area contributed by atoms with Gasteiger partial charge in [0, 0.05) is 29.7 Å². The number of amides is 1. The predicted molar refractivity (Wildman–Crippen MR) is 97.5 cm³/mol. The minimum Gasteiger partial charge on any atom is -0.494 e. The molecule has 6 nitrogen and oxygen atoms in total. The van der Waals surface area contributed by atoms with E-state index in [4.69, 9.17) is 13.9 Å². The first-order chi connectivity index (χ1) is 12.7. The highest BCUT2D eigenvalue weighted by atomic mass is 16.5. The zero-order valence-corrected chi connectivity index (χ0v) is 14.8. The maximum atomic E-state index is 12.6. The van der Waals surface area contributed by atoms with Crippen LogP contribution >= 0.6 is 0 Å². The number of hydrogen-bond donors (Lipinski definition) is 0. The van der Waals surface area contributed by atoms with Gasteiger partial charge in [-0.25, -0.2) is 4.98 Å². The highest BCUT2D eigenvalue weighted by Gasteiger charge is 2.22. The molecule has 1 aliphatic heterocycles. The van der Waals surface area contributed by atoms with Crippen LogP contribution in [0.1, 0.15) is 16.2 Å². The number of furan rings is 1. The van der Waals surface area contributed by atoms with Crippen molar-refractivity contribution < 1.29 is 18.7 Å². The Bertz CT molecular complexity index is 958. The lowest BCUT2D eigenvalue weighted by Crippen LogP contribution is -2.40. The number of carbonyl (C=O) groups is 1. The molecule has 0 atom stereocenters. The molecule has 3 aromatic rings. The van der Waals surface area contributed by atoms with E-state index >= 15 is 0 Å². The summed E-state index contributed by atoms with van der Waals surface area (Å²) in [7, 11) is 1.63. The maximum absolute atomic E-state index is 12.6. The predicted octanol–water partition coefficient (Wildman–Crippen LogP) is 3.28. The Hall–Kier alpha value is -2.86. The summed E-state index contributed by atoms with van der Waals surface area (Å²) in [4.78, 5) is 18.9. The van der Waals surface area contributed by atoms with Crippen LogP contribution in [-0.4, -0.2) is 49.2 Å².